The van der Waals surface area contributed by atoms with Gasteiger partial charge in [0.25, 0.3) is 0 Å². The SMILES string of the molecule is c1cnc(Sc2ccc(CN3CCC[C@H]3Cn3cccn3)o2)nc1. The van der Waals surface area contributed by atoms with E-state index < -0.39 is 0 Å². The Morgan fingerprint density at radius 1 is 1.17 bits per heavy atom. The Balaban J connectivity index is 1.38. The summed E-state index contributed by atoms with van der Waals surface area (Å²) in [5.74, 6) is 0.987. The Bertz CT molecular complexity index is 758. The van der Waals surface area contributed by atoms with Gasteiger partial charge < -0.3 is 4.42 Å². The molecule has 1 aliphatic rings. The van der Waals surface area contributed by atoms with Gasteiger partial charge in [0.15, 0.2) is 10.2 Å². The van der Waals surface area contributed by atoms with Gasteiger partial charge in [-0.1, -0.05) is 0 Å². The third-order valence-electron chi connectivity index (χ3n) is 4.19. The van der Waals surface area contributed by atoms with Crippen LogP contribution in [0, 0.1) is 0 Å². The number of hydrogen-bond acceptors (Lipinski definition) is 6. The molecule has 4 rings (SSSR count). The maximum atomic E-state index is 5.95. The molecule has 0 spiro atoms. The van der Waals surface area contributed by atoms with E-state index in [1.807, 2.05) is 35.3 Å². The van der Waals surface area contributed by atoms with Crippen molar-refractivity contribution >= 4 is 11.8 Å². The summed E-state index contributed by atoms with van der Waals surface area (Å²) < 4.78 is 7.96. The van der Waals surface area contributed by atoms with Crippen LogP contribution in [0.5, 0.6) is 0 Å². The summed E-state index contributed by atoms with van der Waals surface area (Å²) in [6.45, 7) is 2.88. The van der Waals surface area contributed by atoms with Crippen molar-refractivity contribution in [2.75, 3.05) is 6.54 Å². The zero-order valence-corrected chi connectivity index (χ0v) is 14.1. The lowest BCUT2D eigenvalue weighted by Crippen LogP contribution is -2.32. The first-order valence-corrected chi connectivity index (χ1v) is 8.93. The van der Waals surface area contributed by atoms with Crippen LogP contribution in [0.15, 0.2) is 63.7 Å². The van der Waals surface area contributed by atoms with Crippen LogP contribution < -0.4 is 0 Å². The van der Waals surface area contributed by atoms with Gasteiger partial charge in [0.05, 0.1) is 13.1 Å². The molecule has 0 aromatic carbocycles. The predicted molar refractivity (Wildman–Crippen MR) is 90.5 cm³/mol. The molecule has 3 aromatic rings. The van der Waals surface area contributed by atoms with Crippen LogP contribution in [0.3, 0.4) is 0 Å². The van der Waals surface area contributed by atoms with Crippen LogP contribution in [0.4, 0.5) is 0 Å². The highest BCUT2D eigenvalue weighted by atomic mass is 32.2. The third kappa shape index (κ3) is 3.68. The van der Waals surface area contributed by atoms with E-state index in [0.29, 0.717) is 11.2 Å². The van der Waals surface area contributed by atoms with Crippen LogP contribution in [-0.2, 0) is 13.1 Å². The highest BCUT2D eigenvalue weighted by Gasteiger charge is 2.25. The molecule has 0 amide bonds. The molecule has 0 saturated carbocycles. The van der Waals surface area contributed by atoms with E-state index in [1.165, 1.54) is 24.6 Å². The largest absolute Gasteiger partial charge is 0.453 e. The summed E-state index contributed by atoms with van der Waals surface area (Å²) in [5, 5.41) is 5.86. The lowest BCUT2D eigenvalue weighted by molar-refractivity contribution is 0.199. The van der Waals surface area contributed by atoms with Crippen molar-refractivity contribution in [1.29, 1.82) is 0 Å². The first-order chi connectivity index (χ1) is 11.9. The van der Waals surface area contributed by atoms with Gasteiger partial charge in [0, 0.05) is 30.8 Å². The summed E-state index contributed by atoms with van der Waals surface area (Å²) in [7, 11) is 0. The van der Waals surface area contributed by atoms with Crippen molar-refractivity contribution in [1.82, 2.24) is 24.6 Å². The Labute approximate surface area is 144 Å². The standard InChI is InChI=1S/C17H19N5OS/c1-4-14(12-22-11-3-9-20-22)21(10-1)13-15-5-6-16(23-15)24-17-18-7-2-8-19-17/h2-3,5-9,11,14H,1,4,10,12-13H2/t14-/m0/s1. The fraction of sp³-hybridized carbons (Fsp3) is 0.353. The van der Waals surface area contributed by atoms with E-state index in [1.54, 1.807) is 12.4 Å². The molecule has 1 saturated heterocycles. The van der Waals surface area contributed by atoms with E-state index in [9.17, 15) is 0 Å². The van der Waals surface area contributed by atoms with Gasteiger partial charge in [-0.3, -0.25) is 9.58 Å². The molecular weight excluding hydrogens is 322 g/mol. The molecule has 7 heteroatoms. The highest BCUT2D eigenvalue weighted by Crippen LogP contribution is 2.28. The lowest BCUT2D eigenvalue weighted by Gasteiger charge is -2.23. The molecule has 0 radical (unpaired) electrons. The van der Waals surface area contributed by atoms with Crippen LogP contribution in [0.25, 0.3) is 0 Å². The molecule has 24 heavy (non-hydrogen) atoms. The van der Waals surface area contributed by atoms with E-state index in [2.05, 4.69) is 26.0 Å². The zero-order valence-electron chi connectivity index (χ0n) is 13.3. The highest BCUT2D eigenvalue weighted by molar-refractivity contribution is 7.99. The minimum atomic E-state index is 0.517. The van der Waals surface area contributed by atoms with Gasteiger partial charge in [0.1, 0.15) is 5.76 Å². The zero-order chi connectivity index (χ0) is 16.2. The van der Waals surface area contributed by atoms with Crippen molar-refractivity contribution in [3.63, 3.8) is 0 Å². The molecule has 6 nitrogen and oxygen atoms in total. The van der Waals surface area contributed by atoms with Gasteiger partial charge in [-0.2, -0.15) is 5.10 Å². The maximum absolute atomic E-state index is 5.95. The van der Waals surface area contributed by atoms with E-state index in [-0.39, 0.29) is 0 Å². The van der Waals surface area contributed by atoms with Crippen molar-refractivity contribution in [3.05, 3.63) is 54.8 Å². The fourth-order valence-corrected chi connectivity index (χ4v) is 3.75. The average molecular weight is 341 g/mol. The van der Waals surface area contributed by atoms with Gasteiger partial charge in [0.2, 0.25) is 0 Å². The Hall–Kier alpha value is -2.12. The van der Waals surface area contributed by atoms with Crippen molar-refractivity contribution < 1.29 is 4.42 Å². The monoisotopic (exact) mass is 341 g/mol. The second-order valence-corrected chi connectivity index (χ2v) is 6.82. The van der Waals surface area contributed by atoms with Gasteiger partial charge in [-0.05, 0) is 55.4 Å². The summed E-state index contributed by atoms with van der Waals surface area (Å²) in [5.41, 5.74) is 0. The smallest absolute Gasteiger partial charge is 0.195 e. The van der Waals surface area contributed by atoms with Gasteiger partial charge in [-0.25, -0.2) is 9.97 Å². The number of likely N-dealkylation sites (tertiary alicyclic amines) is 1. The summed E-state index contributed by atoms with van der Waals surface area (Å²) in [6.07, 6.45) is 9.78. The molecule has 0 aliphatic carbocycles. The summed E-state index contributed by atoms with van der Waals surface area (Å²) in [4.78, 5) is 10.9. The second-order valence-electron chi connectivity index (χ2n) is 5.85. The number of nitrogens with zero attached hydrogens (tertiary/aromatic N) is 5. The summed E-state index contributed by atoms with van der Waals surface area (Å²) >= 11 is 1.45. The molecule has 1 fully saturated rings. The van der Waals surface area contributed by atoms with Gasteiger partial charge in [-0.15, -0.1) is 0 Å². The number of hydrogen-bond donors (Lipinski definition) is 0. The molecule has 0 unspecified atom stereocenters. The minimum Gasteiger partial charge on any atom is -0.453 e. The molecule has 0 bridgehead atoms. The number of aromatic nitrogens is 4. The van der Waals surface area contributed by atoms with Gasteiger partial charge >= 0.3 is 0 Å². The Morgan fingerprint density at radius 3 is 2.92 bits per heavy atom. The Morgan fingerprint density at radius 2 is 2.08 bits per heavy atom. The first-order valence-electron chi connectivity index (χ1n) is 8.12. The van der Waals surface area contributed by atoms with E-state index in [0.717, 1.165) is 30.5 Å². The minimum absolute atomic E-state index is 0.517. The fourth-order valence-electron chi connectivity index (χ4n) is 3.06. The van der Waals surface area contributed by atoms with E-state index in [4.69, 9.17) is 4.42 Å². The van der Waals surface area contributed by atoms with Crippen LogP contribution in [0.2, 0.25) is 0 Å². The van der Waals surface area contributed by atoms with Crippen molar-refractivity contribution in [2.45, 2.75) is 42.2 Å². The quantitative estimate of drug-likeness (QED) is 0.642. The van der Waals surface area contributed by atoms with Crippen LogP contribution in [0.1, 0.15) is 18.6 Å². The molecular formula is C17H19N5OS. The molecule has 0 N–H and O–H groups in total. The van der Waals surface area contributed by atoms with Crippen LogP contribution >= 0.6 is 11.8 Å². The maximum Gasteiger partial charge on any atom is 0.195 e. The molecule has 3 aromatic heterocycles. The average Bonchev–Trinajstić information content (AvgIpc) is 3.34. The van der Waals surface area contributed by atoms with Crippen LogP contribution in [-0.4, -0.2) is 37.2 Å². The summed E-state index contributed by atoms with van der Waals surface area (Å²) in [6, 6.07) is 8.35. The van der Waals surface area contributed by atoms with E-state index >= 15 is 0 Å². The normalized spacial score (nSPS) is 18.2. The number of furan rings is 1. The molecule has 1 atom stereocenters. The molecule has 124 valence electrons. The predicted octanol–water partition coefficient (Wildman–Crippen LogP) is 3.08. The third-order valence-corrected chi connectivity index (χ3v) is 5.00. The topological polar surface area (TPSA) is 60.0 Å². The molecule has 4 heterocycles. The van der Waals surface area contributed by atoms with Crippen molar-refractivity contribution in [3.8, 4) is 0 Å². The second kappa shape index (κ2) is 7.19. The lowest BCUT2D eigenvalue weighted by atomic mass is 10.2. The van der Waals surface area contributed by atoms with Crippen molar-refractivity contribution in [2.24, 2.45) is 0 Å². The molecule has 1 aliphatic heterocycles. The Kier molecular flexibility index (Phi) is 4.62. The first kappa shape index (κ1) is 15.4. The number of rotatable bonds is 6.